The zero-order valence-corrected chi connectivity index (χ0v) is 13.5. The third kappa shape index (κ3) is 3.70. The molecule has 0 aliphatic carbocycles. The third-order valence-electron chi connectivity index (χ3n) is 3.47. The molecule has 0 aliphatic heterocycles. The molecule has 1 atom stereocenters. The molecule has 5 heteroatoms. The maximum absolute atomic E-state index is 12.1. The first-order valence-corrected chi connectivity index (χ1v) is 8.10. The molecule has 23 heavy (non-hydrogen) atoms. The number of nitrogens with one attached hydrogen (secondary N) is 1. The summed E-state index contributed by atoms with van der Waals surface area (Å²) in [5.74, 6) is 0.414. The third-order valence-corrected chi connectivity index (χ3v) is 4.61. The van der Waals surface area contributed by atoms with E-state index in [0.29, 0.717) is 17.9 Å². The Labute approximate surface area is 138 Å². The van der Waals surface area contributed by atoms with Gasteiger partial charge in [0.2, 0.25) is 0 Å². The minimum atomic E-state index is -0.767. The number of thiophene rings is 1. The fourth-order valence-electron chi connectivity index (χ4n) is 2.28. The van der Waals surface area contributed by atoms with E-state index in [1.54, 1.807) is 18.2 Å². The molecule has 0 bridgehead atoms. The first kappa shape index (κ1) is 15.5. The lowest BCUT2D eigenvalue weighted by molar-refractivity contribution is 0.0951. The average Bonchev–Trinajstić information content (AvgIpc) is 3.23. The maximum Gasteiger partial charge on any atom is 0.251 e. The molecule has 2 N–H and O–H groups in total. The summed E-state index contributed by atoms with van der Waals surface area (Å²) in [4.78, 5) is 13.9. The molecule has 0 saturated heterocycles. The molecule has 0 saturated carbocycles. The van der Waals surface area contributed by atoms with E-state index in [-0.39, 0.29) is 5.91 Å². The fourth-order valence-corrected chi connectivity index (χ4v) is 3.23. The molecule has 4 nitrogen and oxygen atoms in total. The minimum Gasteiger partial charge on any atom is -0.466 e. The first-order chi connectivity index (χ1) is 11.1. The van der Waals surface area contributed by atoms with Crippen LogP contribution < -0.4 is 5.32 Å². The van der Waals surface area contributed by atoms with Gasteiger partial charge in [-0.3, -0.25) is 4.79 Å². The van der Waals surface area contributed by atoms with Gasteiger partial charge in [0.1, 0.15) is 11.9 Å². The van der Waals surface area contributed by atoms with Crippen LogP contribution in [0.15, 0.2) is 59.2 Å². The summed E-state index contributed by atoms with van der Waals surface area (Å²) in [5.41, 5.74) is 1.70. The first-order valence-electron chi connectivity index (χ1n) is 7.28. The van der Waals surface area contributed by atoms with Gasteiger partial charge in [0.05, 0.1) is 12.8 Å². The highest BCUT2D eigenvalue weighted by Gasteiger charge is 2.15. The van der Waals surface area contributed by atoms with Gasteiger partial charge in [-0.2, -0.15) is 0 Å². The van der Waals surface area contributed by atoms with Gasteiger partial charge in [-0.25, -0.2) is 0 Å². The number of rotatable bonds is 5. The van der Waals surface area contributed by atoms with Crippen LogP contribution in [0.1, 0.15) is 37.5 Å². The zero-order valence-electron chi connectivity index (χ0n) is 12.7. The molecule has 2 heterocycles. The van der Waals surface area contributed by atoms with Crippen molar-refractivity contribution in [2.45, 2.75) is 19.6 Å². The lowest BCUT2D eigenvalue weighted by Crippen LogP contribution is -2.22. The molecule has 3 rings (SSSR count). The van der Waals surface area contributed by atoms with Crippen LogP contribution in [0.3, 0.4) is 0 Å². The van der Waals surface area contributed by atoms with Gasteiger partial charge >= 0.3 is 0 Å². The molecule has 2 aromatic heterocycles. The highest BCUT2D eigenvalue weighted by Crippen LogP contribution is 2.28. The summed E-state index contributed by atoms with van der Waals surface area (Å²) < 4.78 is 5.21. The number of benzene rings is 1. The molecule has 1 amide bonds. The van der Waals surface area contributed by atoms with Gasteiger partial charge in [0, 0.05) is 15.3 Å². The monoisotopic (exact) mass is 327 g/mol. The molecule has 118 valence electrons. The molecule has 0 spiro atoms. The number of aryl methyl sites for hydroxylation is 1. The largest absolute Gasteiger partial charge is 0.466 e. The molecular weight excluding hydrogens is 310 g/mol. The summed E-state index contributed by atoms with van der Waals surface area (Å²) in [5, 5.41) is 13.1. The van der Waals surface area contributed by atoms with Crippen LogP contribution in [0.5, 0.6) is 0 Å². The van der Waals surface area contributed by atoms with Gasteiger partial charge in [0.25, 0.3) is 5.91 Å². The van der Waals surface area contributed by atoms with Crippen LogP contribution in [-0.2, 0) is 6.54 Å². The standard InChI is InChI=1S/C18H17NO3S/c1-12-4-2-5-13(10-12)18(21)19-11-14-7-8-16(23-14)17(20)15-6-3-9-22-15/h2-10,17,20H,11H2,1H3,(H,19,21). The van der Waals surface area contributed by atoms with Gasteiger partial charge in [0.15, 0.2) is 0 Å². The second-order valence-corrected chi connectivity index (χ2v) is 6.47. The highest BCUT2D eigenvalue weighted by molar-refractivity contribution is 7.12. The van der Waals surface area contributed by atoms with Crippen LogP contribution in [0.25, 0.3) is 0 Å². The van der Waals surface area contributed by atoms with Crippen molar-refractivity contribution in [1.29, 1.82) is 0 Å². The Hall–Kier alpha value is -2.37. The van der Waals surface area contributed by atoms with Gasteiger partial charge in [-0.05, 0) is 43.3 Å². The maximum atomic E-state index is 12.1. The van der Waals surface area contributed by atoms with Crippen molar-refractivity contribution >= 4 is 17.2 Å². The Bertz CT molecular complexity index is 792. The Morgan fingerprint density at radius 3 is 2.87 bits per heavy atom. The summed E-state index contributed by atoms with van der Waals surface area (Å²) in [6.45, 7) is 2.39. The van der Waals surface area contributed by atoms with Crippen molar-refractivity contribution in [3.05, 3.63) is 81.4 Å². The summed E-state index contributed by atoms with van der Waals surface area (Å²) in [6.07, 6.45) is 0.769. The molecule has 1 aromatic carbocycles. The van der Waals surface area contributed by atoms with E-state index < -0.39 is 6.10 Å². The Kier molecular flexibility index (Phi) is 4.60. The molecule has 3 aromatic rings. The van der Waals surface area contributed by atoms with E-state index in [4.69, 9.17) is 4.42 Å². The Balaban J connectivity index is 1.62. The van der Waals surface area contributed by atoms with Crippen molar-refractivity contribution in [3.8, 4) is 0 Å². The van der Waals surface area contributed by atoms with Gasteiger partial charge in [-0.1, -0.05) is 17.7 Å². The predicted molar refractivity (Wildman–Crippen MR) is 89.4 cm³/mol. The second kappa shape index (κ2) is 6.81. The lowest BCUT2D eigenvalue weighted by Gasteiger charge is -2.05. The van der Waals surface area contributed by atoms with E-state index >= 15 is 0 Å². The van der Waals surface area contributed by atoms with Crippen LogP contribution in [0.2, 0.25) is 0 Å². The van der Waals surface area contributed by atoms with Gasteiger partial charge in [-0.15, -0.1) is 11.3 Å². The van der Waals surface area contributed by atoms with E-state index in [0.717, 1.165) is 15.3 Å². The van der Waals surface area contributed by atoms with Crippen LogP contribution in [-0.4, -0.2) is 11.0 Å². The quantitative estimate of drug-likeness (QED) is 0.752. The molecule has 0 radical (unpaired) electrons. The second-order valence-electron chi connectivity index (χ2n) is 5.27. The van der Waals surface area contributed by atoms with E-state index in [1.165, 1.54) is 17.6 Å². The van der Waals surface area contributed by atoms with E-state index in [2.05, 4.69) is 5.32 Å². The number of carbonyl (C=O) groups excluding carboxylic acids is 1. The summed E-state index contributed by atoms with van der Waals surface area (Å²) in [7, 11) is 0. The molecule has 1 unspecified atom stereocenters. The molecule has 0 fully saturated rings. The number of hydrogen-bond donors (Lipinski definition) is 2. The van der Waals surface area contributed by atoms with Crippen molar-refractivity contribution < 1.29 is 14.3 Å². The predicted octanol–water partition coefficient (Wildman–Crippen LogP) is 3.66. The van der Waals surface area contributed by atoms with Crippen molar-refractivity contribution in [3.63, 3.8) is 0 Å². The topological polar surface area (TPSA) is 62.5 Å². The summed E-state index contributed by atoms with van der Waals surface area (Å²) >= 11 is 1.45. The number of hydrogen-bond acceptors (Lipinski definition) is 4. The van der Waals surface area contributed by atoms with E-state index in [9.17, 15) is 9.90 Å². The Morgan fingerprint density at radius 1 is 1.26 bits per heavy atom. The van der Waals surface area contributed by atoms with Crippen LogP contribution >= 0.6 is 11.3 Å². The molecule has 0 aliphatic rings. The van der Waals surface area contributed by atoms with Crippen molar-refractivity contribution in [2.24, 2.45) is 0 Å². The van der Waals surface area contributed by atoms with Gasteiger partial charge < -0.3 is 14.8 Å². The Morgan fingerprint density at radius 2 is 2.13 bits per heavy atom. The fraction of sp³-hybridized carbons (Fsp3) is 0.167. The van der Waals surface area contributed by atoms with Crippen molar-refractivity contribution in [2.75, 3.05) is 0 Å². The zero-order chi connectivity index (χ0) is 16.2. The van der Waals surface area contributed by atoms with Crippen LogP contribution in [0.4, 0.5) is 0 Å². The number of amides is 1. The number of furan rings is 1. The van der Waals surface area contributed by atoms with E-state index in [1.807, 2.05) is 37.3 Å². The molecular formula is C18H17NO3S. The highest BCUT2D eigenvalue weighted by atomic mass is 32.1. The number of aliphatic hydroxyl groups excluding tert-OH is 1. The lowest BCUT2D eigenvalue weighted by atomic mass is 10.1. The number of carbonyl (C=O) groups is 1. The number of aliphatic hydroxyl groups is 1. The van der Waals surface area contributed by atoms with Crippen LogP contribution in [0, 0.1) is 6.92 Å². The normalized spacial score (nSPS) is 12.1. The van der Waals surface area contributed by atoms with Crippen molar-refractivity contribution in [1.82, 2.24) is 5.32 Å². The SMILES string of the molecule is Cc1cccc(C(=O)NCc2ccc(C(O)c3ccco3)s2)c1. The average molecular weight is 327 g/mol. The smallest absolute Gasteiger partial charge is 0.251 e. The summed E-state index contributed by atoms with van der Waals surface area (Å²) in [6, 6.07) is 14.7. The minimum absolute atomic E-state index is 0.102.